The summed E-state index contributed by atoms with van der Waals surface area (Å²) in [5.41, 5.74) is 0.989. The van der Waals surface area contributed by atoms with Crippen LogP contribution in [0.4, 0.5) is 0 Å². The van der Waals surface area contributed by atoms with Gasteiger partial charge in [0.15, 0.2) is 0 Å². The summed E-state index contributed by atoms with van der Waals surface area (Å²) in [7, 11) is 3.24. The van der Waals surface area contributed by atoms with Crippen LogP contribution in [0.15, 0.2) is 18.2 Å². The van der Waals surface area contributed by atoms with Crippen LogP contribution < -0.4 is 9.47 Å². The normalized spacial score (nSPS) is 10.4. The molecule has 0 amide bonds. The van der Waals surface area contributed by atoms with E-state index in [2.05, 4.69) is 10.2 Å². The first-order valence-corrected chi connectivity index (χ1v) is 5.79. The van der Waals surface area contributed by atoms with Gasteiger partial charge in [-0.2, -0.15) is 0 Å². The van der Waals surface area contributed by atoms with Crippen molar-refractivity contribution in [2.45, 2.75) is 13.5 Å². The Hall–Kier alpha value is -1.75. The third-order valence-electron chi connectivity index (χ3n) is 2.71. The van der Waals surface area contributed by atoms with Crippen molar-refractivity contribution in [3.05, 3.63) is 34.9 Å². The standard InChI is InChI=1S/C12H14ClN3O2/c1-8-14-15-12(13)16(8)7-9-4-5-10(17-2)6-11(9)18-3/h4-6H,7H2,1-3H3. The second-order valence-electron chi connectivity index (χ2n) is 3.78. The first-order chi connectivity index (χ1) is 8.65. The Balaban J connectivity index is 2.34. The molecule has 0 atom stereocenters. The van der Waals surface area contributed by atoms with Crippen molar-refractivity contribution in [3.63, 3.8) is 0 Å². The van der Waals surface area contributed by atoms with Crippen molar-refractivity contribution < 1.29 is 9.47 Å². The second kappa shape index (κ2) is 5.27. The highest BCUT2D eigenvalue weighted by Gasteiger charge is 2.10. The third kappa shape index (κ3) is 2.41. The maximum Gasteiger partial charge on any atom is 0.225 e. The SMILES string of the molecule is COc1ccc(Cn2c(C)nnc2Cl)c(OC)c1. The molecule has 6 heteroatoms. The predicted molar refractivity (Wildman–Crippen MR) is 68.4 cm³/mol. The van der Waals surface area contributed by atoms with Crippen molar-refractivity contribution in [2.75, 3.05) is 14.2 Å². The Bertz CT molecular complexity index is 535. The third-order valence-corrected chi connectivity index (χ3v) is 2.99. The lowest BCUT2D eigenvalue weighted by Crippen LogP contribution is -2.04. The topological polar surface area (TPSA) is 49.2 Å². The van der Waals surface area contributed by atoms with Gasteiger partial charge >= 0.3 is 0 Å². The van der Waals surface area contributed by atoms with Gasteiger partial charge in [0, 0.05) is 11.6 Å². The molecule has 0 saturated carbocycles. The number of methoxy groups -OCH3 is 2. The van der Waals surface area contributed by atoms with Gasteiger partial charge in [0.25, 0.3) is 0 Å². The molecule has 2 aromatic rings. The highest BCUT2D eigenvalue weighted by atomic mass is 35.5. The largest absolute Gasteiger partial charge is 0.497 e. The Morgan fingerprint density at radius 3 is 2.56 bits per heavy atom. The summed E-state index contributed by atoms with van der Waals surface area (Å²) in [4.78, 5) is 0. The fraction of sp³-hybridized carbons (Fsp3) is 0.333. The maximum atomic E-state index is 5.97. The molecular weight excluding hydrogens is 254 g/mol. The average molecular weight is 268 g/mol. The Kier molecular flexibility index (Phi) is 3.72. The lowest BCUT2D eigenvalue weighted by molar-refractivity contribution is 0.390. The van der Waals surface area contributed by atoms with Crippen LogP contribution in [0.3, 0.4) is 0 Å². The number of aromatic nitrogens is 3. The smallest absolute Gasteiger partial charge is 0.225 e. The molecule has 0 fully saturated rings. The molecule has 0 saturated heterocycles. The van der Waals surface area contributed by atoms with E-state index >= 15 is 0 Å². The summed E-state index contributed by atoms with van der Waals surface area (Å²) in [6, 6.07) is 5.65. The molecule has 96 valence electrons. The maximum absolute atomic E-state index is 5.97. The molecule has 0 aliphatic rings. The first kappa shape index (κ1) is 12.7. The summed E-state index contributed by atoms with van der Waals surface area (Å²) in [5, 5.41) is 8.10. The molecule has 0 aliphatic carbocycles. The van der Waals surface area contributed by atoms with Gasteiger partial charge < -0.3 is 9.47 Å². The number of halogens is 1. The summed E-state index contributed by atoms with van der Waals surface area (Å²) < 4.78 is 12.3. The van der Waals surface area contributed by atoms with E-state index in [9.17, 15) is 0 Å². The van der Waals surface area contributed by atoms with E-state index in [1.165, 1.54) is 0 Å². The average Bonchev–Trinajstić information content (AvgIpc) is 2.71. The molecule has 0 aliphatic heterocycles. The molecule has 0 radical (unpaired) electrons. The summed E-state index contributed by atoms with van der Waals surface area (Å²) in [6.45, 7) is 2.42. The van der Waals surface area contributed by atoms with Crippen molar-refractivity contribution in [1.29, 1.82) is 0 Å². The Morgan fingerprint density at radius 2 is 2.00 bits per heavy atom. The molecule has 0 spiro atoms. The molecular formula is C12H14ClN3O2. The van der Waals surface area contributed by atoms with Crippen molar-refractivity contribution in [2.24, 2.45) is 0 Å². The van der Waals surface area contributed by atoms with Crippen LogP contribution in [0.2, 0.25) is 5.28 Å². The molecule has 0 unspecified atom stereocenters. The number of hydrogen-bond donors (Lipinski definition) is 0. The van der Waals surface area contributed by atoms with E-state index < -0.39 is 0 Å². The number of aryl methyl sites for hydroxylation is 1. The van der Waals surface area contributed by atoms with E-state index in [0.717, 1.165) is 22.9 Å². The highest BCUT2D eigenvalue weighted by Crippen LogP contribution is 2.26. The van der Waals surface area contributed by atoms with Crippen LogP contribution in [0.5, 0.6) is 11.5 Å². The zero-order valence-electron chi connectivity index (χ0n) is 10.5. The van der Waals surface area contributed by atoms with Gasteiger partial charge in [-0.1, -0.05) is 0 Å². The molecule has 0 N–H and O–H groups in total. The molecule has 1 aromatic heterocycles. The Labute approximate surface area is 110 Å². The number of ether oxygens (including phenoxy) is 2. The first-order valence-electron chi connectivity index (χ1n) is 5.42. The van der Waals surface area contributed by atoms with Crippen molar-refractivity contribution in [1.82, 2.24) is 14.8 Å². The van der Waals surface area contributed by atoms with Gasteiger partial charge in [-0.15, -0.1) is 10.2 Å². The number of rotatable bonds is 4. The number of hydrogen-bond acceptors (Lipinski definition) is 4. The summed E-state index contributed by atoms with van der Waals surface area (Å²) in [5.74, 6) is 2.26. The van der Waals surface area contributed by atoms with E-state index in [0.29, 0.717) is 11.8 Å². The summed E-state index contributed by atoms with van der Waals surface area (Å²) >= 11 is 5.97. The monoisotopic (exact) mass is 267 g/mol. The fourth-order valence-corrected chi connectivity index (χ4v) is 1.91. The van der Waals surface area contributed by atoms with E-state index in [1.807, 2.05) is 29.7 Å². The van der Waals surface area contributed by atoms with Crippen LogP contribution in [-0.2, 0) is 6.54 Å². The van der Waals surface area contributed by atoms with Gasteiger partial charge in [0.1, 0.15) is 17.3 Å². The summed E-state index contributed by atoms with van der Waals surface area (Å²) in [6.07, 6.45) is 0. The van der Waals surface area contributed by atoms with Gasteiger partial charge in [-0.3, -0.25) is 4.57 Å². The lowest BCUT2D eigenvalue weighted by atomic mass is 10.2. The second-order valence-corrected chi connectivity index (χ2v) is 4.12. The molecule has 1 heterocycles. The van der Waals surface area contributed by atoms with E-state index in [-0.39, 0.29) is 0 Å². The van der Waals surface area contributed by atoms with E-state index in [1.54, 1.807) is 14.2 Å². The Morgan fingerprint density at radius 1 is 1.22 bits per heavy atom. The van der Waals surface area contributed by atoms with Crippen LogP contribution in [-0.4, -0.2) is 29.0 Å². The van der Waals surface area contributed by atoms with Crippen molar-refractivity contribution in [3.8, 4) is 11.5 Å². The zero-order chi connectivity index (χ0) is 13.1. The minimum absolute atomic E-state index is 0.366. The van der Waals surface area contributed by atoms with E-state index in [4.69, 9.17) is 21.1 Å². The molecule has 5 nitrogen and oxygen atoms in total. The zero-order valence-corrected chi connectivity index (χ0v) is 11.2. The fourth-order valence-electron chi connectivity index (χ4n) is 1.69. The van der Waals surface area contributed by atoms with Gasteiger partial charge in [-0.25, -0.2) is 0 Å². The van der Waals surface area contributed by atoms with Crippen LogP contribution in [0, 0.1) is 6.92 Å². The minimum Gasteiger partial charge on any atom is -0.497 e. The van der Waals surface area contributed by atoms with Crippen LogP contribution in [0.25, 0.3) is 0 Å². The van der Waals surface area contributed by atoms with Crippen molar-refractivity contribution >= 4 is 11.6 Å². The molecule has 2 rings (SSSR count). The molecule has 18 heavy (non-hydrogen) atoms. The van der Waals surface area contributed by atoms with Crippen LogP contribution in [0.1, 0.15) is 11.4 Å². The number of benzene rings is 1. The van der Waals surface area contributed by atoms with Crippen LogP contribution >= 0.6 is 11.6 Å². The molecule has 1 aromatic carbocycles. The molecule has 0 bridgehead atoms. The van der Waals surface area contributed by atoms with Gasteiger partial charge in [-0.05, 0) is 30.7 Å². The lowest BCUT2D eigenvalue weighted by Gasteiger charge is -2.11. The van der Waals surface area contributed by atoms with Gasteiger partial charge in [0.2, 0.25) is 5.28 Å². The predicted octanol–water partition coefficient (Wildman–Crippen LogP) is 2.31. The quantitative estimate of drug-likeness (QED) is 0.853. The number of nitrogens with zero attached hydrogens (tertiary/aromatic N) is 3. The minimum atomic E-state index is 0.366. The highest BCUT2D eigenvalue weighted by molar-refractivity contribution is 6.28. The van der Waals surface area contributed by atoms with Gasteiger partial charge in [0.05, 0.1) is 20.8 Å².